The summed E-state index contributed by atoms with van der Waals surface area (Å²) in [5, 5.41) is 2.50. The standard InChI is InChI=1S/C50H41N/c1-3-11-36(12-4-1)42-25-26-49(46-17-8-7-15-43(42)46)51(40-13-5-2-6-14-40)41-22-19-35(20-23-41)37-21-24-45-44-16-9-10-18-47(44)50(48(45)32-37)38-28-33-27-34(30-38)31-39(50)29-33/h1-26,32-34,38-39H,27-31H2. The molecule has 0 amide bonds. The van der Waals surface area contributed by atoms with E-state index in [4.69, 9.17) is 0 Å². The van der Waals surface area contributed by atoms with Crippen molar-refractivity contribution in [3.05, 3.63) is 175 Å². The number of benzene rings is 7. The number of rotatable bonds is 5. The summed E-state index contributed by atoms with van der Waals surface area (Å²) >= 11 is 0. The predicted octanol–water partition coefficient (Wildman–Crippen LogP) is 13.4. The van der Waals surface area contributed by atoms with Crippen molar-refractivity contribution in [2.75, 3.05) is 4.90 Å². The van der Waals surface area contributed by atoms with Crippen molar-refractivity contribution >= 4 is 27.8 Å². The van der Waals surface area contributed by atoms with E-state index in [9.17, 15) is 0 Å². The normalized spacial score (nSPS) is 23.8. The Bertz CT molecular complexity index is 2400. The lowest BCUT2D eigenvalue weighted by Crippen LogP contribution is -2.55. The molecule has 1 nitrogen and oxygen atoms in total. The van der Waals surface area contributed by atoms with Gasteiger partial charge in [0, 0.05) is 22.2 Å². The Labute approximate surface area is 301 Å². The van der Waals surface area contributed by atoms with Crippen LogP contribution in [-0.4, -0.2) is 0 Å². The van der Waals surface area contributed by atoms with Gasteiger partial charge >= 0.3 is 0 Å². The van der Waals surface area contributed by atoms with E-state index in [0.29, 0.717) is 0 Å². The van der Waals surface area contributed by atoms with Crippen LogP contribution in [0.1, 0.15) is 43.2 Å². The molecule has 0 aromatic heterocycles. The lowest BCUT2D eigenvalue weighted by molar-refractivity contribution is -0.0399. The summed E-state index contributed by atoms with van der Waals surface area (Å²) in [6.45, 7) is 0. The first kappa shape index (κ1) is 29.3. The molecule has 0 radical (unpaired) electrons. The number of nitrogens with zero attached hydrogens (tertiary/aromatic N) is 1. The van der Waals surface area contributed by atoms with E-state index in [0.717, 1.165) is 35.0 Å². The molecule has 1 heteroatoms. The Kier molecular flexibility index (Phi) is 6.50. The van der Waals surface area contributed by atoms with Crippen molar-refractivity contribution in [3.8, 4) is 33.4 Å². The molecule has 4 bridgehead atoms. The van der Waals surface area contributed by atoms with E-state index < -0.39 is 0 Å². The summed E-state index contributed by atoms with van der Waals surface area (Å²) in [5.74, 6) is 3.45. The molecule has 0 unspecified atom stereocenters. The molecule has 12 rings (SSSR count). The van der Waals surface area contributed by atoms with Gasteiger partial charge in [0.15, 0.2) is 0 Å². The third kappa shape index (κ3) is 4.34. The van der Waals surface area contributed by atoms with Crippen molar-refractivity contribution in [2.24, 2.45) is 23.7 Å². The molecule has 5 aliphatic carbocycles. The highest BCUT2D eigenvalue weighted by Crippen LogP contribution is 2.69. The summed E-state index contributed by atoms with van der Waals surface area (Å²) in [7, 11) is 0. The van der Waals surface area contributed by atoms with Crippen molar-refractivity contribution in [1.29, 1.82) is 0 Å². The first-order valence-electron chi connectivity index (χ1n) is 19.0. The van der Waals surface area contributed by atoms with Gasteiger partial charge in [-0.3, -0.25) is 0 Å². The Morgan fingerprint density at radius 1 is 0.392 bits per heavy atom. The lowest BCUT2D eigenvalue weighted by Gasteiger charge is -2.61. The summed E-state index contributed by atoms with van der Waals surface area (Å²) in [6.07, 6.45) is 7.13. The molecule has 0 N–H and O–H groups in total. The lowest BCUT2D eigenvalue weighted by atomic mass is 9.43. The molecule has 0 saturated heterocycles. The van der Waals surface area contributed by atoms with Gasteiger partial charge in [-0.15, -0.1) is 0 Å². The van der Waals surface area contributed by atoms with Crippen LogP contribution >= 0.6 is 0 Å². The number of fused-ring (bicyclic) bond motifs is 4. The maximum Gasteiger partial charge on any atom is 0.0540 e. The zero-order valence-electron chi connectivity index (χ0n) is 28.9. The van der Waals surface area contributed by atoms with E-state index >= 15 is 0 Å². The molecule has 0 heterocycles. The minimum absolute atomic E-state index is 0.187. The zero-order chi connectivity index (χ0) is 33.5. The van der Waals surface area contributed by atoms with Gasteiger partial charge < -0.3 is 4.90 Å². The maximum absolute atomic E-state index is 2.61. The van der Waals surface area contributed by atoms with Crippen molar-refractivity contribution in [3.63, 3.8) is 0 Å². The highest BCUT2D eigenvalue weighted by molar-refractivity contribution is 6.06. The van der Waals surface area contributed by atoms with Gasteiger partial charge in [-0.2, -0.15) is 0 Å². The Balaban J connectivity index is 1.02. The molecule has 246 valence electrons. The van der Waals surface area contributed by atoms with Gasteiger partial charge in [-0.1, -0.05) is 127 Å². The third-order valence-electron chi connectivity index (χ3n) is 13.3. The minimum atomic E-state index is 0.187. The summed E-state index contributed by atoms with van der Waals surface area (Å²) in [4.78, 5) is 2.42. The number of hydrogen-bond acceptors (Lipinski definition) is 1. The van der Waals surface area contributed by atoms with Gasteiger partial charge in [0.1, 0.15) is 0 Å². The molecule has 0 atom stereocenters. The molecule has 4 saturated carbocycles. The first-order valence-corrected chi connectivity index (χ1v) is 19.0. The SMILES string of the molecule is c1ccc(-c2ccc(N(c3ccccc3)c3ccc(-c4ccc5c(c4)C4(c6ccccc6-5)C5CC6CC(C5)CC4C6)cc3)c3ccccc23)cc1. The third-order valence-corrected chi connectivity index (χ3v) is 13.3. The van der Waals surface area contributed by atoms with Gasteiger partial charge in [0.05, 0.1) is 5.69 Å². The van der Waals surface area contributed by atoms with Crippen LogP contribution in [0.4, 0.5) is 17.1 Å². The Morgan fingerprint density at radius 2 is 0.961 bits per heavy atom. The Morgan fingerprint density at radius 3 is 1.71 bits per heavy atom. The Hall–Kier alpha value is -5.40. The number of hydrogen-bond donors (Lipinski definition) is 0. The highest BCUT2D eigenvalue weighted by Gasteiger charge is 2.61. The second-order valence-corrected chi connectivity index (χ2v) is 15.7. The fraction of sp³-hybridized carbons (Fsp3) is 0.200. The van der Waals surface area contributed by atoms with Crippen molar-refractivity contribution in [1.82, 2.24) is 0 Å². The average Bonchev–Trinajstić information content (AvgIpc) is 3.48. The van der Waals surface area contributed by atoms with Crippen LogP contribution in [0.3, 0.4) is 0 Å². The van der Waals surface area contributed by atoms with Gasteiger partial charge in [-0.25, -0.2) is 0 Å². The second kappa shape index (κ2) is 11.3. The van der Waals surface area contributed by atoms with Crippen LogP contribution in [0.2, 0.25) is 0 Å². The largest absolute Gasteiger partial charge is 0.310 e. The van der Waals surface area contributed by atoms with E-state index in [1.165, 1.54) is 81.9 Å². The van der Waals surface area contributed by atoms with Gasteiger partial charge in [0.2, 0.25) is 0 Å². The van der Waals surface area contributed by atoms with E-state index in [2.05, 4.69) is 169 Å². The molecular weight excluding hydrogens is 615 g/mol. The topological polar surface area (TPSA) is 3.24 Å². The van der Waals surface area contributed by atoms with E-state index in [1.54, 1.807) is 11.1 Å². The summed E-state index contributed by atoms with van der Waals surface area (Å²) in [6, 6.07) is 61.2. The average molecular weight is 656 g/mol. The van der Waals surface area contributed by atoms with Crippen LogP contribution in [0.5, 0.6) is 0 Å². The van der Waals surface area contributed by atoms with Gasteiger partial charge in [0.25, 0.3) is 0 Å². The fourth-order valence-electron chi connectivity index (χ4n) is 11.5. The predicted molar refractivity (Wildman–Crippen MR) is 213 cm³/mol. The van der Waals surface area contributed by atoms with Crippen LogP contribution < -0.4 is 4.90 Å². The quantitative estimate of drug-likeness (QED) is 0.178. The molecule has 1 spiro atoms. The molecule has 51 heavy (non-hydrogen) atoms. The summed E-state index contributed by atoms with van der Waals surface area (Å²) < 4.78 is 0. The van der Waals surface area contributed by atoms with E-state index in [1.807, 2.05) is 0 Å². The molecule has 7 aromatic rings. The molecule has 5 aliphatic rings. The zero-order valence-corrected chi connectivity index (χ0v) is 28.9. The van der Waals surface area contributed by atoms with E-state index in [-0.39, 0.29) is 5.41 Å². The number of anilines is 3. The highest BCUT2D eigenvalue weighted by atomic mass is 15.1. The second-order valence-electron chi connectivity index (χ2n) is 15.7. The molecular formula is C50H41N. The summed E-state index contributed by atoms with van der Waals surface area (Å²) in [5.41, 5.74) is 15.0. The maximum atomic E-state index is 2.61. The molecule has 0 aliphatic heterocycles. The van der Waals surface area contributed by atoms with Crippen molar-refractivity contribution in [2.45, 2.75) is 37.5 Å². The molecule has 7 aromatic carbocycles. The minimum Gasteiger partial charge on any atom is -0.310 e. The van der Waals surface area contributed by atoms with Crippen LogP contribution in [0.15, 0.2) is 164 Å². The monoisotopic (exact) mass is 655 g/mol. The van der Waals surface area contributed by atoms with Crippen LogP contribution in [0.25, 0.3) is 44.2 Å². The first-order chi connectivity index (χ1) is 25.3. The van der Waals surface area contributed by atoms with Crippen LogP contribution in [0, 0.1) is 23.7 Å². The van der Waals surface area contributed by atoms with Crippen molar-refractivity contribution < 1.29 is 0 Å². The smallest absolute Gasteiger partial charge is 0.0540 e. The fourth-order valence-corrected chi connectivity index (χ4v) is 11.5. The van der Waals surface area contributed by atoms with Gasteiger partial charge in [-0.05, 0) is 142 Å². The van der Waals surface area contributed by atoms with Crippen LogP contribution in [-0.2, 0) is 5.41 Å². The number of para-hydroxylation sites is 1. The molecule has 4 fully saturated rings.